The van der Waals surface area contributed by atoms with Gasteiger partial charge in [-0.1, -0.05) is 35.3 Å². The Kier molecular flexibility index (Phi) is 7.68. The van der Waals surface area contributed by atoms with E-state index in [4.69, 9.17) is 16.3 Å². The van der Waals surface area contributed by atoms with Crippen molar-refractivity contribution in [1.29, 1.82) is 0 Å². The number of hydrogen-bond acceptors (Lipinski definition) is 5. The lowest BCUT2D eigenvalue weighted by Crippen LogP contribution is -2.21. The van der Waals surface area contributed by atoms with E-state index >= 15 is 0 Å². The Bertz CT molecular complexity index is 1200. The number of amidine groups is 1. The monoisotopic (exact) mass is 463 g/mol. The molecule has 0 aliphatic rings. The molecule has 3 N–H and O–H groups in total. The minimum absolute atomic E-state index is 0.141. The third-order valence-corrected chi connectivity index (χ3v) is 5.02. The second-order valence-corrected chi connectivity index (χ2v) is 7.50. The van der Waals surface area contributed by atoms with Gasteiger partial charge in [-0.05, 0) is 24.3 Å². The van der Waals surface area contributed by atoms with E-state index in [1.165, 1.54) is 19.2 Å². The molecule has 33 heavy (non-hydrogen) atoms. The molecule has 168 valence electrons. The highest BCUT2D eigenvalue weighted by Crippen LogP contribution is 2.33. The van der Waals surface area contributed by atoms with E-state index in [1.54, 1.807) is 50.6 Å². The van der Waals surface area contributed by atoms with Crippen molar-refractivity contribution in [2.45, 2.75) is 0 Å². The van der Waals surface area contributed by atoms with Gasteiger partial charge >= 0.3 is 0 Å². The summed E-state index contributed by atoms with van der Waals surface area (Å²) in [5.41, 5.74) is 2.54. The first-order chi connectivity index (χ1) is 15.9. The third-order valence-electron chi connectivity index (χ3n) is 4.80. The highest BCUT2D eigenvalue weighted by molar-refractivity contribution is 6.32. The number of pyridine rings is 1. The molecule has 0 saturated heterocycles. The summed E-state index contributed by atoms with van der Waals surface area (Å²) >= 11 is 6.19. The van der Waals surface area contributed by atoms with Gasteiger partial charge in [0.05, 0.1) is 18.4 Å². The fraction of sp³-hybridized carbons (Fsp3) is 0.130. The largest absolute Gasteiger partial charge is 0.494 e. The summed E-state index contributed by atoms with van der Waals surface area (Å²) in [6, 6.07) is 13.4. The molecule has 2 amide bonds. The molecule has 1 heterocycles. The zero-order valence-corrected chi connectivity index (χ0v) is 19.4. The van der Waals surface area contributed by atoms with Gasteiger partial charge in [-0.25, -0.2) is 4.98 Å². The SMILES string of the molecule is Bc1ccc(NC(=O)c2cc(Cl)cc(OC)c2NC(=O)c2ccc(/C(=N\C)NC)cc2)nc1. The number of nitrogens with one attached hydrogen (secondary N) is 3. The Morgan fingerprint density at radius 2 is 1.73 bits per heavy atom. The molecule has 8 nitrogen and oxygen atoms in total. The van der Waals surface area contributed by atoms with Gasteiger partial charge in [-0.2, -0.15) is 0 Å². The predicted octanol–water partition coefficient (Wildman–Crippen LogP) is 2.10. The number of ether oxygens (including phenoxy) is 1. The van der Waals surface area contributed by atoms with Crippen LogP contribution in [0.25, 0.3) is 0 Å². The number of nitrogens with zero attached hydrogens (tertiary/aromatic N) is 2. The van der Waals surface area contributed by atoms with Crippen molar-refractivity contribution in [3.05, 3.63) is 76.4 Å². The third kappa shape index (κ3) is 5.69. The Balaban J connectivity index is 1.90. The van der Waals surface area contributed by atoms with Crippen molar-refractivity contribution in [3.63, 3.8) is 0 Å². The number of methoxy groups -OCH3 is 1. The summed E-state index contributed by atoms with van der Waals surface area (Å²) < 4.78 is 5.38. The van der Waals surface area contributed by atoms with Crippen molar-refractivity contribution in [3.8, 4) is 5.75 Å². The molecule has 0 saturated carbocycles. The topological polar surface area (TPSA) is 105 Å². The summed E-state index contributed by atoms with van der Waals surface area (Å²) in [5, 5.41) is 8.77. The van der Waals surface area contributed by atoms with Crippen LogP contribution in [0.1, 0.15) is 26.3 Å². The maximum Gasteiger partial charge on any atom is 0.259 e. The lowest BCUT2D eigenvalue weighted by atomic mass is 9.99. The van der Waals surface area contributed by atoms with Crippen LogP contribution in [-0.2, 0) is 0 Å². The second kappa shape index (κ2) is 10.6. The lowest BCUT2D eigenvalue weighted by molar-refractivity contribution is 0.102. The van der Waals surface area contributed by atoms with E-state index in [1.807, 2.05) is 13.9 Å². The zero-order valence-electron chi connectivity index (χ0n) is 18.7. The number of carbonyl (C=O) groups excluding carboxylic acids is 2. The number of halogens is 1. The van der Waals surface area contributed by atoms with Gasteiger partial charge < -0.3 is 20.7 Å². The smallest absolute Gasteiger partial charge is 0.259 e. The first-order valence-corrected chi connectivity index (χ1v) is 10.4. The Hall–Kier alpha value is -3.85. The summed E-state index contributed by atoms with van der Waals surface area (Å²) in [5.74, 6) is 0.421. The van der Waals surface area contributed by atoms with E-state index in [0.717, 1.165) is 11.0 Å². The average Bonchev–Trinajstić information content (AvgIpc) is 2.82. The standard InChI is InChI=1S/C23H23BClN5O3/c1-26-21(27-2)13-4-6-14(7-5-13)22(31)30-20-17(10-16(25)11-18(20)33-3)23(32)29-19-9-8-15(24)12-28-19/h4-12H,24H2,1-3H3,(H,26,27)(H,30,31)(H,28,29,32). The molecule has 0 bridgehead atoms. The van der Waals surface area contributed by atoms with Gasteiger partial charge in [0, 0.05) is 42.5 Å². The minimum atomic E-state index is -0.490. The number of aliphatic imine (C=N–C) groups is 1. The summed E-state index contributed by atoms with van der Waals surface area (Å²) in [6.45, 7) is 0. The van der Waals surface area contributed by atoms with Gasteiger partial charge in [0.15, 0.2) is 0 Å². The Labute approximate surface area is 197 Å². The summed E-state index contributed by atoms with van der Waals surface area (Å²) in [4.78, 5) is 34.3. The molecule has 0 spiro atoms. The van der Waals surface area contributed by atoms with Crippen LogP contribution in [0.15, 0.2) is 59.7 Å². The van der Waals surface area contributed by atoms with Crippen LogP contribution in [0.4, 0.5) is 11.5 Å². The van der Waals surface area contributed by atoms with Crippen molar-refractivity contribution in [2.75, 3.05) is 31.8 Å². The Morgan fingerprint density at radius 1 is 1.03 bits per heavy atom. The summed E-state index contributed by atoms with van der Waals surface area (Å²) in [7, 11) is 6.78. The van der Waals surface area contributed by atoms with Crippen LogP contribution in [-0.4, -0.2) is 51.7 Å². The molecular weight excluding hydrogens is 441 g/mol. The van der Waals surface area contributed by atoms with Crippen molar-refractivity contribution < 1.29 is 14.3 Å². The molecule has 3 aromatic rings. The fourth-order valence-electron chi connectivity index (χ4n) is 3.13. The van der Waals surface area contributed by atoms with Crippen LogP contribution in [0.2, 0.25) is 5.02 Å². The molecule has 0 atom stereocenters. The van der Waals surface area contributed by atoms with Crippen molar-refractivity contribution in [1.82, 2.24) is 10.3 Å². The first kappa shape index (κ1) is 23.8. The van der Waals surface area contributed by atoms with E-state index < -0.39 is 11.8 Å². The molecule has 0 fully saturated rings. The van der Waals surface area contributed by atoms with Crippen LogP contribution >= 0.6 is 11.6 Å². The van der Waals surface area contributed by atoms with Crippen LogP contribution < -0.4 is 26.2 Å². The van der Waals surface area contributed by atoms with Crippen LogP contribution in [0, 0.1) is 0 Å². The van der Waals surface area contributed by atoms with Gasteiger partial charge in [0.2, 0.25) is 0 Å². The molecular formula is C23H23BClN5O3. The predicted molar refractivity (Wildman–Crippen MR) is 134 cm³/mol. The molecule has 0 aliphatic carbocycles. The molecule has 0 unspecified atom stereocenters. The molecule has 10 heteroatoms. The number of carbonyl (C=O) groups is 2. The number of amides is 2. The van der Waals surface area contributed by atoms with Gasteiger partial charge in [0.25, 0.3) is 11.8 Å². The lowest BCUT2D eigenvalue weighted by Gasteiger charge is -2.16. The van der Waals surface area contributed by atoms with Gasteiger partial charge in [-0.15, -0.1) is 0 Å². The highest BCUT2D eigenvalue weighted by atomic mass is 35.5. The average molecular weight is 464 g/mol. The molecule has 1 aromatic heterocycles. The molecule has 0 aliphatic heterocycles. The number of anilines is 2. The van der Waals surface area contributed by atoms with Gasteiger partial charge in [0.1, 0.15) is 25.2 Å². The minimum Gasteiger partial charge on any atom is -0.494 e. The van der Waals surface area contributed by atoms with Crippen molar-refractivity contribution >= 4 is 54.1 Å². The fourth-order valence-corrected chi connectivity index (χ4v) is 3.33. The normalized spacial score (nSPS) is 11.0. The highest BCUT2D eigenvalue weighted by Gasteiger charge is 2.21. The number of hydrogen-bond donors (Lipinski definition) is 3. The zero-order chi connectivity index (χ0) is 24.0. The Morgan fingerprint density at radius 3 is 2.30 bits per heavy atom. The first-order valence-electron chi connectivity index (χ1n) is 10.0. The van der Waals surface area contributed by atoms with E-state index in [0.29, 0.717) is 17.2 Å². The second-order valence-electron chi connectivity index (χ2n) is 7.06. The van der Waals surface area contributed by atoms with E-state index in [9.17, 15) is 9.59 Å². The molecule has 3 rings (SSSR count). The van der Waals surface area contributed by atoms with Crippen LogP contribution in [0.5, 0.6) is 5.75 Å². The van der Waals surface area contributed by atoms with Gasteiger partial charge in [-0.3, -0.25) is 14.6 Å². The van der Waals surface area contributed by atoms with E-state index in [2.05, 4.69) is 25.9 Å². The number of rotatable bonds is 6. The quantitative estimate of drug-likeness (QED) is 0.295. The summed E-state index contributed by atoms with van der Waals surface area (Å²) in [6.07, 6.45) is 1.64. The molecule has 2 aromatic carbocycles. The molecule has 0 radical (unpaired) electrons. The van der Waals surface area contributed by atoms with Crippen molar-refractivity contribution in [2.24, 2.45) is 4.99 Å². The maximum atomic E-state index is 13.0. The van der Waals surface area contributed by atoms with E-state index in [-0.39, 0.29) is 22.0 Å². The number of benzene rings is 2. The maximum absolute atomic E-state index is 13.0. The van der Waals surface area contributed by atoms with Crippen LogP contribution in [0.3, 0.4) is 0 Å². The number of aromatic nitrogens is 1.